The molecule has 2 heterocycles. The summed E-state index contributed by atoms with van der Waals surface area (Å²) in [6.07, 6.45) is 2.92. The molecule has 31 heavy (non-hydrogen) atoms. The van der Waals surface area contributed by atoms with Crippen LogP contribution in [0, 0.1) is 0 Å². The highest BCUT2D eigenvalue weighted by Gasteiger charge is 2.15. The number of aliphatic imine (C=N–C) groups is 1. The number of rotatable bonds is 8. The van der Waals surface area contributed by atoms with E-state index in [0.717, 1.165) is 63.2 Å². The zero-order chi connectivity index (χ0) is 22.1. The van der Waals surface area contributed by atoms with Gasteiger partial charge >= 0.3 is 0 Å². The molecule has 0 radical (unpaired) electrons. The summed E-state index contributed by atoms with van der Waals surface area (Å²) in [4.78, 5) is 13.6. The SMILES string of the molecule is CN=C(NCCC(C)c1ccc(OC)cc1)NCc1ccnc(N2CCN(C)CC2)c1. The van der Waals surface area contributed by atoms with Crippen molar-refractivity contribution < 1.29 is 4.74 Å². The Morgan fingerprint density at radius 3 is 2.55 bits per heavy atom. The van der Waals surface area contributed by atoms with E-state index in [4.69, 9.17) is 4.74 Å². The first-order valence-corrected chi connectivity index (χ1v) is 11.1. The Labute approximate surface area is 186 Å². The Kier molecular flexibility index (Phi) is 8.53. The molecule has 1 aromatic carbocycles. The number of likely N-dealkylation sites (N-methyl/N-ethyl adjacent to an activating group) is 1. The minimum Gasteiger partial charge on any atom is -0.497 e. The van der Waals surface area contributed by atoms with Crippen LogP contribution in [0.1, 0.15) is 30.4 Å². The number of hydrogen-bond donors (Lipinski definition) is 2. The van der Waals surface area contributed by atoms with E-state index in [1.165, 1.54) is 11.1 Å². The van der Waals surface area contributed by atoms with Gasteiger partial charge in [-0.1, -0.05) is 19.1 Å². The molecule has 2 N–H and O–H groups in total. The van der Waals surface area contributed by atoms with Crippen molar-refractivity contribution in [2.45, 2.75) is 25.8 Å². The van der Waals surface area contributed by atoms with Crippen LogP contribution in [0.25, 0.3) is 0 Å². The highest BCUT2D eigenvalue weighted by atomic mass is 16.5. The van der Waals surface area contributed by atoms with Crippen LogP contribution in [-0.4, -0.2) is 69.8 Å². The summed E-state index contributed by atoms with van der Waals surface area (Å²) in [7, 11) is 5.67. The van der Waals surface area contributed by atoms with E-state index < -0.39 is 0 Å². The van der Waals surface area contributed by atoms with Crippen LogP contribution in [0.15, 0.2) is 47.6 Å². The van der Waals surface area contributed by atoms with Gasteiger partial charge in [0.25, 0.3) is 0 Å². The number of hydrogen-bond acceptors (Lipinski definition) is 5. The zero-order valence-corrected chi connectivity index (χ0v) is 19.3. The fraction of sp³-hybridized carbons (Fsp3) is 0.500. The first-order chi connectivity index (χ1) is 15.1. The van der Waals surface area contributed by atoms with Crippen molar-refractivity contribution in [3.63, 3.8) is 0 Å². The molecule has 0 spiro atoms. The van der Waals surface area contributed by atoms with Crippen molar-refractivity contribution in [2.24, 2.45) is 4.99 Å². The molecule has 0 amide bonds. The average Bonchev–Trinajstić information content (AvgIpc) is 2.82. The van der Waals surface area contributed by atoms with E-state index in [9.17, 15) is 0 Å². The van der Waals surface area contributed by atoms with E-state index in [1.54, 1.807) is 7.11 Å². The molecule has 1 aliphatic rings. The van der Waals surface area contributed by atoms with Gasteiger partial charge in [-0.3, -0.25) is 4.99 Å². The maximum Gasteiger partial charge on any atom is 0.191 e. The molecule has 1 aliphatic heterocycles. The average molecular weight is 425 g/mol. The zero-order valence-electron chi connectivity index (χ0n) is 19.3. The van der Waals surface area contributed by atoms with Gasteiger partial charge in [-0.25, -0.2) is 4.98 Å². The number of pyridine rings is 1. The maximum atomic E-state index is 5.24. The van der Waals surface area contributed by atoms with Gasteiger partial charge in [0.05, 0.1) is 7.11 Å². The highest BCUT2D eigenvalue weighted by molar-refractivity contribution is 5.79. The quantitative estimate of drug-likeness (QED) is 0.502. The number of nitrogens with zero attached hydrogens (tertiary/aromatic N) is 4. The third-order valence-electron chi connectivity index (χ3n) is 5.88. The topological polar surface area (TPSA) is 65.0 Å². The molecule has 168 valence electrons. The lowest BCUT2D eigenvalue weighted by Crippen LogP contribution is -2.44. The predicted octanol–water partition coefficient (Wildman–Crippen LogP) is 2.70. The summed E-state index contributed by atoms with van der Waals surface area (Å²) in [6.45, 7) is 8.03. The lowest BCUT2D eigenvalue weighted by Gasteiger charge is -2.33. The maximum absolute atomic E-state index is 5.24. The van der Waals surface area contributed by atoms with Gasteiger partial charge in [0.2, 0.25) is 0 Å². The van der Waals surface area contributed by atoms with Crippen molar-refractivity contribution >= 4 is 11.8 Å². The molecule has 7 heteroatoms. The van der Waals surface area contributed by atoms with Crippen LogP contribution in [0.2, 0.25) is 0 Å². The fourth-order valence-corrected chi connectivity index (χ4v) is 3.69. The molecule has 1 unspecified atom stereocenters. The van der Waals surface area contributed by atoms with Crippen LogP contribution in [-0.2, 0) is 6.54 Å². The first kappa shape index (κ1) is 22.9. The second-order valence-electron chi connectivity index (χ2n) is 8.13. The largest absolute Gasteiger partial charge is 0.497 e. The second-order valence-corrected chi connectivity index (χ2v) is 8.13. The van der Waals surface area contributed by atoms with Gasteiger partial charge in [0.15, 0.2) is 5.96 Å². The van der Waals surface area contributed by atoms with E-state index in [2.05, 4.69) is 68.6 Å². The molecular formula is C24H36N6O. The number of methoxy groups -OCH3 is 1. The molecule has 1 saturated heterocycles. The van der Waals surface area contributed by atoms with Crippen molar-refractivity contribution in [2.75, 3.05) is 58.8 Å². The third-order valence-corrected chi connectivity index (χ3v) is 5.88. The summed E-state index contributed by atoms with van der Waals surface area (Å²) in [6, 6.07) is 12.6. The summed E-state index contributed by atoms with van der Waals surface area (Å²) in [5.74, 6) is 3.23. The van der Waals surface area contributed by atoms with E-state index in [0.29, 0.717) is 5.92 Å². The van der Waals surface area contributed by atoms with Crippen LogP contribution in [0.5, 0.6) is 5.75 Å². The van der Waals surface area contributed by atoms with Gasteiger partial charge < -0.3 is 25.2 Å². The number of nitrogens with one attached hydrogen (secondary N) is 2. The Bertz CT molecular complexity index is 830. The second kappa shape index (κ2) is 11.6. The molecule has 3 rings (SSSR count). The van der Waals surface area contributed by atoms with Crippen molar-refractivity contribution in [3.8, 4) is 5.75 Å². The van der Waals surface area contributed by atoms with Crippen LogP contribution in [0.4, 0.5) is 5.82 Å². The Morgan fingerprint density at radius 1 is 1.13 bits per heavy atom. The summed E-state index contributed by atoms with van der Waals surface area (Å²) >= 11 is 0. The molecule has 2 aromatic rings. The molecular weight excluding hydrogens is 388 g/mol. The molecule has 0 saturated carbocycles. The van der Waals surface area contributed by atoms with Crippen LogP contribution >= 0.6 is 0 Å². The molecule has 1 atom stereocenters. The van der Waals surface area contributed by atoms with Crippen molar-refractivity contribution in [1.82, 2.24) is 20.5 Å². The molecule has 7 nitrogen and oxygen atoms in total. The van der Waals surface area contributed by atoms with Gasteiger partial charge in [-0.15, -0.1) is 0 Å². The number of anilines is 1. The number of ether oxygens (including phenoxy) is 1. The number of benzene rings is 1. The molecule has 1 aromatic heterocycles. The van der Waals surface area contributed by atoms with Crippen LogP contribution in [0.3, 0.4) is 0 Å². The number of aromatic nitrogens is 1. The standard InChI is InChI=1S/C24H36N6O/c1-19(21-5-7-22(31-4)8-6-21)9-11-27-24(25-2)28-18-20-10-12-26-23(17-20)30-15-13-29(3)14-16-30/h5-8,10,12,17,19H,9,11,13-16,18H2,1-4H3,(H2,25,27,28). The minimum atomic E-state index is 0.461. The smallest absolute Gasteiger partial charge is 0.191 e. The number of guanidine groups is 1. The first-order valence-electron chi connectivity index (χ1n) is 11.1. The summed E-state index contributed by atoms with van der Waals surface area (Å²) in [5.41, 5.74) is 2.53. The Hall–Kier alpha value is -2.80. The molecule has 1 fully saturated rings. The highest BCUT2D eigenvalue weighted by Crippen LogP contribution is 2.21. The van der Waals surface area contributed by atoms with Gasteiger partial charge in [0.1, 0.15) is 11.6 Å². The normalized spacial score (nSPS) is 16.1. The summed E-state index contributed by atoms with van der Waals surface area (Å²) in [5, 5.41) is 6.85. The van der Waals surface area contributed by atoms with E-state index >= 15 is 0 Å². The predicted molar refractivity (Wildman–Crippen MR) is 128 cm³/mol. The minimum absolute atomic E-state index is 0.461. The lowest BCUT2D eigenvalue weighted by atomic mass is 9.98. The summed E-state index contributed by atoms with van der Waals surface area (Å²) < 4.78 is 5.24. The monoisotopic (exact) mass is 424 g/mol. The van der Waals surface area contributed by atoms with E-state index in [1.807, 2.05) is 25.4 Å². The van der Waals surface area contributed by atoms with Crippen molar-refractivity contribution in [3.05, 3.63) is 53.7 Å². The third kappa shape index (κ3) is 6.85. The molecule has 0 bridgehead atoms. The van der Waals surface area contributed by atoms with Gasteiger partial charge in [-0.2, -0.15) is 0 Å². The van der Waals surface area contributed by atoms with Gasteiger partial charge in [-0.05, 0) is 54.8 Å². The Balaban J connectivity index is 1.44. The Morgan fingerprint density at radius 2 is 1.87 bits per heavy atom. The van der Waals surface area contributed by atoms with Crippen LogP contribution < -0.4 is 20.3 Å². The van der Waals surface area contributed by atoms with Crippen molar-refractivity contribution in [1.29, 1.82) is 0 Å². The van der Waals surface area contributed by atoms with E-state index in [-0.39, 0.29) is 0 Å². The number of piperazine rings is 1. The van der Waals surface area contributed by atoms with Gasteiger partial charge in [0, 0.05) is 52.5 Å². The fourth-order valence-electron chi connectivity index (χ4n) is 3.69. The molecule has 0 aliphatic carbocycles. The lowest BCUT2D eigenvalue weighted by molar-refractivity contribution is 0.312.